The molecule has 1 unspecified atom stereocenters. The molecule has 1 heterocycles. The van der Waals surface area contributed by atoms with E-state index in [4.69, 9.17) is 0 Å². The molecule has 1 atom stereocenters. The van der Waals surface area contributed by atoms with E-state index in [9.17, 15) is 0 Å². The van der Waals surface area contributed by atoms with E-state index in [-0.39, 0.29) is 0 Å². The second-order valence-electron chi connectivity index (χ2n) is 5.60. The summed E-state index contributed by atoms with van der Waals surface area (Å²) in [4.78, 5) is 0. The van der Waals surface area contributed by atoms with Crippen molar-refractivity contribution >= 4 is 0 Å². The molecule has 0 spiro atoms. The summed E-state index contributed by atoms with van der Waals surface area (Å²) in [5.74, 6) is 0.831. The molecule has 1 saturated heterocycles. The standard InChI is InChI=1S/C10H20N.Rh/c1-9(2,3)8-6-10(4,5)11-7-8;/h8H,6-7H2,1-5H3;/q-1;+1. The normalized spacial score (nSPS) is 31.1. The van der Waals surface area contributed by atoms with Crippen LogP contribution in [-0.4, -0.2) is 15.7 Å². The third kappa shape index (κ3) is 2.09. The summed E-state index contributed by atoms with van der Waals surface area (Å²) in [6.45, 7) is 12.9. The fourth-order valence-corrected chi connectivity index (χ4v) is 2.28. The van der Waals surface area contributed by atoms with Gasteiger partial charge in [0.2, 0.25) is 0 Å². The summed E-state index contributed by atoms with van der Waals surface area (Å²) < 4.78 is 2.38. The van der Waals surface area contributed by atoms with Crippen molar-refractivity contribution in [3.8, 4) is 0 Å². The third-order valence-corrected chi connectivity index (χ3v) is 4.26. The van der Waals surface area contributed by atoms with Crippen LogP contribution in [0.15, 0.2) is 0 Å². The van der Waals surface area contributed by atoms with Gasteiger partial charge >= 0.3 is 86.6 Å². The van der Waals surface area contributed by atoms with Crippen LogP contribution in [-0.2, 0) is 18.5 Å². The van der Waals surface area contributed by atoms with Gasteiger partial charge in [-0.1, -0.05) is 0 Å². The van der Waals surface area contributed by atoms with E-state index in [0.717, 1.165) is 5.92 Å². The molecule has 0 N–H and O–H groups in total. The number of rotatable bonds is 0. The van der Waals surface area contributed by atoms with Crippen molar-refractivity contribution in [3.63, 3.8) is 0 Å². The fourth-order valence-electron chi connectivity index (χ4n) is 1.77. The van der Waals surface area contributed by atoms with Crippen molar-refractivity contribution in [1.29, 1.82) is 0 Å². The van der Waals surface area contributed by atoms with Crippen molar-refractivity contribution in [3.05, 3.63) is 0 Å². The van der Waals surface area contributed by atoms with E-state index in [1.807, 2.05) is 0 Å². The van der Waals surface area contributed by atoms with E-state index in [1.165, 1.54) is 13.0 Å². The van der Waals surface area contributed by atoms with Gasteiger partial charge in [0.15, 0.2) is 0 Å². The summed E-state index contributed by atoms with van der Waals surface area (Å²) in [7, 11) is 0. The van der Waals surface area contributed by atoms with Gasteiger partial charge in [0.25, 0.3) is 0 Å². The van der Waals surface area contributed by atoms with Crippen LogP contribution >= 0.6 is 0 Å². The zero-order chi connectivity index (χ0) is 9.57. The molecule has 2 heteroatoms. The van der Waals surface area contributed by atoms with Crippen LogP contribution in [0.4, 0.5) is 0 Å². The molecule has 1 aliphatic rings. The molecular formula is C10H20NRh. The van der Waals surface area contributed by atoms with Gasteiger partial charge in [0, 0.05) is 0 Å². The Kier molecular flexibility index (Phi) is 2.72. The Hall–Kier alpha value is 0.583. The molecule has 1 fully saturated rings. The quantitative estimate of drug-likeness (QED) is 0.603. The van der Waals surface area contributed by atoms with Crippen molar-refractivity contribution in [1.82, 2.24) is 3.64 Å². The van der Waals surface area contributed by atoms with Crippen molar-refractivity contribution < 1.29 is 18.5 Å². The zero-order valence-electron chi connectivity index (χ0n) is 8.77. The van der Waals surface area contributed by atoms with Gasteiger partial charge in [0.1, 0.15) is 0 Å². The molecule has 1 nitrogen and oxygen atoms in total. The average molecular weight is 257 g/mol. The number of nitrogens with zero attached hydrogens (tertiary/aromatic N) is 1. The molecule has 0 aromatic heterocycles. The van der Waals surface area contributed by atoms with Gasteiger partial charge < -0.3 is 0 Å². The van der Waals surface area contributed by atoms with E-state index in [1.54, 1.807) is 0 Å². The molecule has 0 aromatic rings. The molecule has 0 radical (unpaired) electrons. The van der Waals surface area contributed by atoms with Crippen LogP contribution in [0.2, 0.25) is 0 Å². The first kappa shape index (κ1) is 10.7. The van der Waals surface area contributed by atoms with Crippen LogP contribution in [0, 0.1) is 11.3 Å². The van der Waals surface area contributed by atoms with Crippen molar-refractivity contribution in [2.24, 2.45) is 11.3 Å². The topological polar surface area (TPSA) is 3.24 Å². The maximum atomic E-state index is 3.05. The Morgan fingerprint density at radius 3 is 2.00 bits per heavy atom. The average Bonchev–Trinajstić information content (AvgIpc) is 2.06. The van der Waals surface area contributed by atoms with E-state index in [0.29, 0.717) is 11.0 Å². The fraction of sp³-hybridized carbons (Fsp3) is 1.00. The minimum atomic E-state index is 0.366. The van der Waals surface area contributed by atoms with Crippen LogP contribution in [0.1, 0.15) is 41.0 Å². The molecule has 1 aliphatic heterocycles. The first-order chi connectivity index (χ1) is 5.23. The Balaban J connectivity index is 2.67. The van der Waals surface area contributed by atoms with Gasteiger partial charge in [0.05, 0.1) is 0 Å². The van der Waals surface area contributed by atoms with E-state index in [2.05, 4.69) is 56.8 Å². The number of hydrogen-bond acceptors (Lipinski definition) is 1. The molecule has 0 bridgehead atoms. The Morgan fingerprint density at radius 1 is 1.33 bits per heavy atom. The van der Waals surface area contributed by atoms with Crippen LogP contribution in [0.25, 0.3) is 0 Å². The molecule has 1 rings (SSSR count). The second kappa shape index (κ2) is 3.06. The molecular weight excluding hydrogens is 237 g/mol. The van der Waals surface area contributed by atoms with Crippen LogP contribution in [0.3, 0.4) is 0 Å². The Bertz CT molecular complexity index is 169. The molecule has 0 saturated carbocycles. The van der Waals surface area contributed by atoms with Gasteiger partial charge in [-0.3, -0.25) is 0 Å². The maximum absolute atomic E-state index is 3.05. The molecule has 0 aromatic carbocycles. The summed E-state index contributed by atoms with van der Waals surface area (Å²) >= 11 is 3.05. The first-order valence-electron chi connectivity index (χ1n) is 4.65. The van der Waals surface area contributed by atoms with Gasteiger partial charge in [-0.15, -0.1) is 0 Å². The van der Waals surface area contributed by atoms with Gasteiger partial charge in [-0.2, -0.15) is 0 Å². The SMILES string of the molecule is CC(C)(C)C1C[N]([Rh])C(C)(C)C1. The molecule has 0 amide bonds. The summed E-state index contributed by atoms with van der Waals surface area (Å²) in [5, 5.41) is 0. The second-order valence-corrected chi connectivity index (χ2v) is 6.48. The summed E-state index contributed by atoms with van der Waals surface area (Å²) in [6.07, 6.45) is 1.31. The summed E-state index contributed by atoms with van der Waals surface area (Å²) in [6, 6.07) is 0. The predicted octanol–water partition coefficient (Wildman–Crippen LogP) is 2.59. The van der Waals surface area contributed by atoms with Gasteiger partial charge in [-0.05, 0) is 0 Å². The Morgan fingerprint density at radius 2 is 1.83 bits per heavy atom. The van der Waals surface area contributed by atoms with E-state index >= 15 is 0 Å². The minimum absolute atomic E-state index is 0.366. The summed E-state index contributed by atoms with van der Waals surface area (Å²) in [5.41, 5.74) is 0.822. The van der Waals surface area contributed by atoms with Crippen molar-refractivity contribution in [2.45, 2.75) is 46.6 Å². The molecule has 0 aliphatic carbocycles. The van der Waals surface area contributed by atoms with Crippen molar-refractivity contribution in [2.75, 3.05) is 6.54 Å². The third-order valence-electron chi connectivity index (χ3n) is 2.97. The predicted molar refractivity (Wildman–Crippen MR) is 48.3 cm³/mol. The van der Waals surface area contributed by atoms with Crippen LogP contribution < -0.4 is 0 Å². The monoisotopic (exact) mass is 257 g/mol. The number of hydrogen-bond donors (Lipinski definition) is 0. The zero-order valence-corrected chi connectivity index (χ0v) is 10.4. The van der Waals surface area contributed by atoms with Crippen LogP contribution in [0.5, 0.6) is 0 Å². The van der Waals surface area contributed by atoms with Gasteiger partial charge in [-0.25, -0.2) is 0 Å². The Labute approximate surface area is 86.8 Å². The molecule has 74 valence electrons. The van der Waals surface area contributed by atoms with E-state index < -0.39 is 0 Å². The first-order valence-corrected chi connectivity index (χ1v) is 5.38. The molecule has 12 heavy (non-hydrogen) atoms.